The van der Waals surface area contributed by atoms with Crippen molar-refractivity contribution in [1.29, 1.82) is 0 Å². The van der Waals surface area contributed by atoms with Gasteiger partial charge in [0, 0.05) is 24.7 Å². The van der Waals surface area contributed by atoms with E-state index in [0.717, 1.165) is 17.9 Å². The van der Waals surface area contributed by atoms with Crippen molar-refractivity contribution in [3.63, 3.8) is 0 Å². The highest BCUT2D eigenvalue weighted by Crippen LogP contribution is 2.35. The predicted octanol–water partition coefficient (Wildman–Crippen LogP) is 2.16. The predicted molar refractivity (Wildman–Crippen MR) is 82.2 cm³/mol. The van der Waals surface area contributed by atoms with Crippen molar-refractivity contribution >= 4 is 0 Å². The lowest BCUT2D eigenvalue weighted by Crippen LogP contribution is -2.54. The molecule has 1 saturated carbocycles. The van der Waals surface area contributed by atoms with E-state index in [2.05, 4.69) is 37.7 Å². The summed E-state index contributed by atoms with van der Waals surface area (Å²) >= 11 is 0. The number of hydrogen-bond acceptors (Lipinski definition) is 3. The van der Waals surface area contributed by atoms with Crippen LogP contribution < -0.4 is 5.73 Å². The summed E-state index contributed by atoms with van der Waals surface area (Å²) in [5.41, 5.74) is 6.46. The Hall–Kier alpha value is -0.120. The second kappa shape index (κ2) is 6.55. The second-order valence-electron chi connectivity index (χ2n) is 7.34. The van der Waals surface area contributed by atoms with Crippen molar-refractivity contribution in [2.24, 2.45) is 17.6 Å². The molecule has 112 valence electrons. The Balaban J connectivity index is 2.01. The van der Waals surface area contributed by atoms with Gasteiger partial charge in [0.2, 0.25) is 0 Å². The summed E-state index contributed by atoms with van der Waals surface area (Å²) < 4.78 is 0. The molecule has 0 radical (unpaired) electrons. The average molecular weight is 267 g/mol. The lowest BCUT2D eigenvalue weighted by molar-refractivity contribution is 0.0767. The average Bonchev–Trinajstić information content (AvgIpc) is 2.76. The Bertz CT molecular complexity index is 277. The molecule has 0 aromatic carbocycles. The molecule has 0 spiro atoms. The van der Waals surface area contributed by atoms with E-state index in [-0.39, 0.29) is 0 Å². The van der Waals surface area contributed by atoms with Crippen LogP contribution in [0.1, 0.15) is 46.0 Å². The SMILES string of the molecule is CC(C)C1CCC(N)C(N2CCCC2CN(C)C)C1. The molecule has 2 fully saturated rings. The van der Waals surface area contributed by atoms with Gasteiger partial charge >= 0.3 is 0 Å². The summed E-state index contributed by atoms with van der Waals surface area (Å²) in [6.07, 6.45) is 6.59. The summed E-state index contributed by atoms with van der Waals surface area (Å²) in [6.45, 7) is 7.21. The van der Waals surface area contributed by atoms with Crippen LogP contribution in [0.25, 0.3) is 0 Å². The summed E-state index contributed by atoms with van der Waals surface area (Å²) in [4.78, 5) is 5.08. The molecule has 4 atom stereocenters. The molecule has 0 amide bonds. The first-order valence-electron chi connectivity index (χ1n) is 8.15. The zero-order valence-electron chi connectivity index (χ0n) is 13.3. The first-order chi connectivity index (χ1) is 8.99. The van der Waals surface area contributed by atoms with Crippen LogP contribution in [-0.4, -0.2) is 55.1 Å². The monoisotopic (exact) mass is 267 g/mol. The molecule has 19 heavy (non-hydrogen) atoms. The molecule has 1 aliphatic carbocycles. The maximum absolute atomic E-state index is 6.46. The molecule has 2 rings (SSSR count). The summed E-state index contributed by atoms with van der Waals surface area (Å²) in [5.74, 6) is 1.69. The van der Waals surface area contributed by atoms with Crippen molar-refractivity contribution in [2.75, 3.05) is 27.2 Å². The van der Waals surface area contributed by atoms with Crippen LogP contribution in [0.15, 0.2) is 0 Å². The van der Waals surface area contributed by atoms with E-state index in [1.54, 1.807) is 0 Å². The van der Waals surface area contributed by atoms with Gasteiger partial charge in [0.15, 0.2) is 0 Å². The fourth-order valence-electron chi connectivity index (χ4n) is 4.10. The number of nitrogens with zero attached hydrogens (tertiary/aromatic N) is 2. The molecule has 2 aliphatic rings. The standard InChI is InChI=1S/C16H33N3/c1-12(2)13-7-8-15(17)16(10-13)19-9-5-6-14(19)11-18(3)4/h12-16H,5-11,17H2,1-4H3. The van der Waals surface area contributed by atoms with E-state index in [4.69, 9.17) is 5.73 Å². The van der Waals surface area contributed by atoms with Gasteiger partial charge < -0.3 is 10.6 Å². The van der Waals surface area contributed by atoms with Gasteiger partial charge in [-0.2, -0.15) is 0 Å². The Morgan fingerprint density at radius 3 is 2.58 bits per heavy atom. The van der Waals surface area contributed by atoms with Crippen LogP contribution in [-0.2, 0) is 0 Å². The number of likely N-dealkylation sites (N-methyl/N-ethyl adjacent to an activating group) is 1. The largest absolute Gasteiger partial charge is 0.326 e. The van der Waals surface area contributed by atoms with Gasteiger partial charge in [-0.1, -0.05) is 13.8 Å². The molecule has 2 N–H and O–H groups in total. The highest BCUT2D eigenvalue weighted by Gasteiger charge is 2.38. The first-order valence-corrected chi connectivity index (χ1v) is 8.15. The van der Waals surface area contributed by atoms with Gasteiger partial charge in [-0.15, -0.1) is 0 Å². The molecule has 0 bridgehead atoms. The van der Waals surface area contributed by atoms with Crippen LogP contribution in [0.2, 0.25) is 0 Å². The quantitative estimate of drug-likeness (QED) is 0.847. The van der Waals surface area contributed by atoms with Gasteiger partial charge in [0.05, 0.1) is 0 Å². The maximum Gasteiger partial charge on any atom is 0.0253 e. The smallest absolute Gasteiger partial charge is 0.0253 e. The number of likely N-dealkylation sites (tertiary alicyclic amines) is 1. The molecule has 3 nitrogen and oxygen atoms in total. The maximum atomic E-state index is 6.46. The summed E-state index contributed by atoms with van der Waals surface area (Å²) in [5, 5.41) is 0. The second-order valence-corrected chi connectivity index (χ2v) is 7.34. The van der Waals surface area contributed by atoms with Crippen molar-refractivity contribution in [3.05, 3.63) is 0 Å². The van der Waals surface area contributed by atoms with Gasteiger partial charge in [-0.25, -0.2) is 0 Å². The van der Waals surface area contributed by atoms with Gasteiger partial charge in [0.25, 0.3) is 0 Å². The molecule has 1 aliphatic heterocycles. The van der Waals surface area contributed by atoms with Crippen LogP contribution in [0.4, 0.5) is 0 Å². The molecule has 1 saturated heterocycles. The zero-order chi connectivity index (χ0) is 14.0. The van der Waals surface area contributed by atoms with E-state index in [1.165, 1.54) is 45.2 Å². The normalized spacial score (nSPS) is 37.4. The van der Waals surface area contributed by atoms with Crippen molar-refractivity contribution < 1.29 is 0 Å². The third-order valence-electron chi connectivity index (χ3n) is 5.28. The number of hydrogen-bond donors (Lipinski definition) is 1. The molecular formula is C16H33N3. The lowest BCUT2D eigenvalue weighted by Gasteiger charge is -2.43. The third-order valence-corrected chi connectivity index (χ3v) is 5.28. The first kappa shape index (κ1) is 15.3. The van der Waals surface area contributed by atoms with Crippen molar-refractivity contribution in [2.45, 2.75) is 64.1 Å². The van der Waals surface area contributed by atoms with Gasteiger partial charge in [-0.3, -0.25) is 4.90 Å². The minimum absolute atomic E-state index is 0.401. The minimum atomic E-state index is 0.401. The summed E-state index contributed by atoms with van der Waals surface area (Å²) in [6, 6.07) is 1.77. The molecule has 1 heterocycles. The van der Waals surface area contributed by atoms with Crippen LogP contribution in [0, 0.1) is 11.8 Å². The highest BCUT2D eigenvalue weighted by atomic mass is 15.3. The number of rotatable bonds is 4. The highest BCUT2D eigenvalue weighted by molar-refractivity contribution is 4.95. The van der Waals surface area contributed by atoms with Crippen LogP contribution in [0.3, 0.4) is 0 Å². The van der Waals surface area contributed by atoms with Crippen molar-refractivity contribution in [3.8, 4) is 0 Å². The molecular weight excluding hydrogens is 234 g/mol. The van der Waals surface area contributed by atoms with Crippen LogP contribution in [0.5, 0.6) is 0 Å². The Morgan fingerprint density at radius 1 is 1.21 bits per heavy atom. The fraction of sp³-hybridized carbons (Fsp3) is 1.00. The summed E-state index contributed by atoms with van der Waals surface area (Å²) in [7, 11) is 4.38. The number of nitrogens with two attached hydrogens (primary N) is 1. The zero-order valence-corrected chi connectivity index (χ0v) is 13.3. The Kier molecular flexibility index (Phi) is 5.27. The Morgan fingerprint density at radius 2 is 1.95 bits per heavy atom. The minimum Gasteiger partial charge on any atom is -0.326 e. The Labute approximate surface area is 119 Å². The van der Waals surface area contributed by atoms with E-state index in [0.29, 0.717) is 12.1 Å². The van der Waals surface area contributed by atoms with E-state index < -0.39 is 0 Å². The van der Waals surface area contributed by atoms with Gasteiger partial charge in [-0.05, 0) is 64.6 Å². The third kappa shape index (κ3) is 3.71. The fourth-order valence-corrected chi connectivity index (χ4v) is 4.10. The topological polar surface area (TPSA) is 32.5 Å². The van der Waals surface area contributed by atoms with E-state index >= 15 is 0 Å². The molecule has 4 unspecified atom stereocenters. The van der Waals surface area contributed by atoms with Crippen LogP contribution >= 0.6 is 0 Å². The van der Waals surface area contributed by atoms with Crippen molar-refractivity contribution in [1.82, 2.24) is 9.80 Å². The molecule has 0 aromatic heterocycles. The molecule has 3 heteroatoms. The van der Waals surface area contributed by atoms with E-state index in [1.807, 2.05) is 0 Å². The van der Waals surface area contributed by atoms with Gasteiger partial charge in [0.1, 0.15) is 0 Å². The molecule has 0 aromatic rings. The van der Waals surface area contributed by atoms with E-state index in [9.17, 15) is 0 Å². The lowest BCUT2D eigenvalue weighted by atomic mass is 9.76.